The van der Waals surface area contributed by atoms with E-state index in [4.69, 9.17) is 21.3 Å². The summed E-state index contributed by atoms with van der Waals surface area (Å²) in [6.45, 7) is 2.51. The van der Waals surface area contributed by atoms with Crippen molar-refractivity contribution >= 4 is 5.97 Å². The Morgan fingerprint density at radius 2 is 1.94 bits per heavy atom. The number of nitrogens with two attached hydrogens (primary N) is 2. The van der Waals surface area contributed by atoms with Gasteiger partial charge in [-0.05, 0) is 31.0 Å². The topological polar surface area (TPSA) is 98.6 Å². The molecule has 0 heterocycles. The van der Waals surface area contributed by atoms with Crippen LogP contribution in [0.1, 0.15) is 24.9 Å². The fraction of sp³-hybridized carbons (Fsp3) is 0.417. The highest BCUT2D eigenvalue weighted by Crippen LogP contribution is 2.19. The molecule has 5 N–H and O–H groups in total. The van der Waals surface area contributed by atoms with Crippen LogP contribution in [0.2, 0.25) is 0 Å². The van der Waals surface area contributed by atoms with Crippen LogP contribution in [0, 0.1) is 0 Å². The Balaban J connectivity index is 2.63. The Labute approximate surface area is 100 Å². The number of rotatable bonds is 6. The third kappa shape index (κ3) is 4.05. The summed E-state index contributed by atoms with van der Waals surface area (Å²) in [5.74, 6) is -0.266. The van der Waals surface area contributed by atoms with E-state index in [9.17, 15) is 4.79 Å². The molecule has 1 rings (SSSR count). The van der Waals surface area contributed by atoms with Gasteiger partial charge in [-0.3, -0.25) is 4.79 Å². The van der Waals surface area contributed by atoms with E-state index in [1.807, 2.05) is 31.2 Å². The maximum atomic E-state index is 10.6. The predicted octanol–water partition coefficient (Wildman–Crippen LogP) is 0.887. The van der Waals surface area contributed by atoms with E-state index in [2.05, 4.69) is 0 Å². The van der Waals surface area contributed by atoms with E-state index in [1.54, 1.807) is 0 Å². The van der Waals surface area contributed by atoms with E-state index < -0.39 is 12.0 Å². The van der Waals surface area contributed by atoms with Crippen molar-refractivity contribution in [2.75, 3.05) is 6.61 Å². The van der Waals surface area contributed by atoms with E-state index in [-0.39, 0.29) is 12.5 Å². The van der Waals surface area contributed by atoms with Crippen molar-refractivity contribution in [3.63, 3.8) is 0 Å². The Kier molecular flexibility index (Phi) is 4.93. The first-order chi connectivity index (χ1) is 8.04. The highest BCUT2D eigenvalue weighted by atomic mass is 16.5. The quantitative estimate of drug-likeness (QED) is 0.683. The second-order valence-electron chi connectivity index (χ2n) is 3.79. The minimum absolute atomic E-state index is 0.212. The van der Waals surface area contributed by atoms with Gasteiger partial charge in [0.15, 0.2) is 0 Å². The number of aliphatic carboxylic acids is 1. The molecule has 17 heavy (non-hydrogen) atoms. The molecule has 5 nitrogen and oxygen atoms in total. The van der Waals surface area contributed by atoms with Crippen molar-refractivity contribution < 1.29 is 14.6 Å². The third-order valence-corrected chi connectivity index (χ3v) is 2.44. The van der Waals surface area contributed by atoms with Crippen molar-refractivity contribution in [3.05, 3.63) is 29.8 Å². The fourth-order valence-electron chi connectivity index (χ4n) is 1.49. The number of hydrogen-bond acceptors (Lipinski definition) is 4. The lowest BCUT2D eigenvalue weighted by Gasteiger charge is -2.15. The van der Waals surface area contributed by atoms with Crippen LogP contribution in [0.3, 0.4) is 0 Å². The second-order valence-corrected chi connectivity index (χ2v) is 3.79. The fourth-order valence-corrected chi connectivity index (χ4v) is 1.49. The van der Waals surface area contributed by atoms with Crippen molar-refractivity contribution in [2.45, 2.75) is 25.4 Å². The van der Waals surface area contributed by atoms with Crippen LogP contribution in [0.25, 0.3) is 0 Å². The summed E-state index contributed by atoms with van der Waals surface area (Å²) in [4.78, 5) is 10.6. The summed E-state index contributed by atoms with van der Waals surface area (Å²) < 4.78 is 5.30. The molecular weight excluding hydrogens is 220 g/mol. The van der Waals surface area contributed by atoms with Gasteiger partial charge in [0.05, 0.1) is 6.61 Å². The maximum absolute atomic E-state index is 10.6. The molecule has 94 valence electrons. The van der Waals surface area contributed by atoms with Crippen LogP contribution in [0.15, 0.2) is 24.3 Å². The van der Waals surface area contributed by atoms with Crippen LogP contribution < -0.4 is 16.2 Å². The molecule has 1 aromatic carbocycles. The lowest BCUT2D eigenvalue weighted by molar-refractivity contribution is -0.138. The highest BCUT2D eigenvalue weighted by Gasteiger charge is 2.17. The van der Waals surface area contributed by atoms with Gasteiger partial charge in [-0.1, -0.05) is 12.1 Å². The summed E-state index contributed by atoms with van der Waals surface area (Å²) in [5.41, 5.74) is 12.2. The Morgan fingerprint density at radius 3 is 2.41 bits per heavy atom. The average Bonchev–Trinajstić information content (AvgIpc) is 2.30. The van der Waals surface area contributed by atoms with Gasteiger partial charge >= 0.3 is 5.97 Å². The van der Waals surface area contributed by atoms with Crippen LogP contribution in [-0.2, 0) is 4.79 Å². The molecule has 0 aliphatic carbocycles. The molecule has 1 aromatic rings. The van der Waals surface area contributed by atoms with E-state index in [0.29, 0.717) is 6.61 Å². The average molecular weight is 238 g/mol. The first kappa shape index (κ1) is 13.5. The third-order valence-electron chi connectivity index (χ3n) is 2.44. The Morgan fingerprint density at radius 1 is 1.35 bits per heavy atom. The number of carboxylic acids is 1. The van der Waals surface area contributed by atoms with Crippen LogP contribution >= 0.6 is 0 Å². The molecule has 0 radical (unpaired) electrons. The number of hydrogen-bond donors (Lipinski definition) is 3. The molecule has 0 amide bonds. The summed E-state index contributed by atoms with van der Waals surface area (Å²) in [6.07, 6.45) is 0.212. The van der Waals surface area contributed by atoms with Gasteiger partial charge in [0.1, 0.15) is 11.8 Å². The zero-order valence-corrected chi connectivity index (χ0v) is 9.80. The van der Waals surface area contributed by atoms with E-state index in [1.165, 1.54) is 0 Å². The number of benzene rings is 1. The summed E-state index contributed by atoms with van der Waals surface area (Å²) >= 11 is 0. The number of ether oxygens (including phenoxy) is 1. The first-order valence-electron chi connectivity index (χ1n) is 5.51. The van der Waals surface area contributed by atoms with Crippen LogP contribution in [0.5, 0.6) is 5.75 Å². The molecule has 0 aliphatic heterocycles. The SMILES string of the molecule is CCOc1ccc(C(N)CC(N)C(=O)O)cc1. The molecule has 2 unspecified atom stereocenters. The van der Waals surface area contributed by atoms with Gasteiger partial charge in [-0.2, -0.15) is 0 Å². The minimum Gasteiger partial charge on any atom is -0.494 e. The lowest BCUT2D eigenvalue weighted by Crippen LogP contribution is -2.33. The molecular formula is C12H18N2O3. The molecule has 2 atom stereocenters. The molecule has 0 saturated heterocycles. The van der Waals surface area contributed by atoms with Crippen molar-refractivity contribution in [1.82, 2.24) is 0 Å². The molecule has 5 heteroatoms. The Hall–Kier alpha value is -1.59. The maximum Gasteiger partial charge on any atom is 0.320 e. The monoisotopic (exact) mass is 238 g/mol. The molecule has 0 spiro atoms. The first-order valence-corrected chi connectivity index (χ1v) is 5.51. The summed E-state index contributed by atoms with van der Waals surface area (Å²) in [6, 6.07) is 5.96. The summed E-state index contributed by atoms with van der Waals surface area (Å²) in [5, 5.41) is 8.69. The smallest absolute Gasteiger partial charge is 0.320 e. The zero-order chi connectivity index (χ0) is 12.8. The predicted molar refractivity (Wildman–Crippen MR) is 64.8 cm³/mol. The molecule has 0 saturated carbocycles. The number of carbonyl (C=O) groups is 1. The normalized spacial score (nSPS) is 14.1. The molecule has 0 aliphatic rings. The molecule has 0 fully saturated rings. The Bertz CT molecular complexity index is 365. The van der Waals surface area contributed by atoms with Gasteiger partial charge in [-0.15, -0.1) is 0 Å². The van der Waals surface area contributed by atoms with Crippen LogP contribution in [0.4, 0.5) is 0 Å². The standard InChI is InChI=1S/C12H18N2O3/c1-2-17-9-5-3-8(4-6-9)10(13)7-11(14)12(15)16/h3-6,10-11H,2,7,13-14H2,1H3,(H,15,16). The van der Waals surface area contributed by atoms with Crippen molar-refractivity contribution in [2.24, 2.45) is 11.5 Å². The van der Waals surface area contributed by atoms with Gasteiger partial charge in [-0.25, -0.2) is 0 Å². The van der Waals surface area contributed by atoms with Crippen molar-refractivity contribution in [1.29, 1.82) is 0 Å². The van der Waals surface area contributed by atoms with Crippen molar-refractivity contribution in [3.8, 4) is 5.75 Å². The highest BCUT2D eigenvalue weighted by molar-refractivity contribution is 5.73. The lowest BCUT2D eigenvalue weighted by atomic mass is 10.0. The molecule has 0 bridgehead atoms. The van der Waals surface area contributed by atoms with Gasteiger partial charge in [0.25, 0.3) is 0 Å². The van der Waals surface area contributed by atoms with Gasteiger partial charge < -0.3 is 21.3 Å². The van der Waals surface area contributed by atoms with Gasteiger partial charge in [0, 0.05) is 6.04 Å². The summed E-state index contributed by atoms with van der Waals surface area (Å²) in [7, 11) is 0. The van der Waals surface area contributed by atoms with Crippen LogP contribution in [-0.4, -0.2) is 23.7 Å². The second kappa shape index (κ2) is 6.22. The van der Waals surface area contributed by atoms with E-state index >= 15 is 0 Å². The zero-order valence-electron chi connectivity index (χ0n) is 9.80. The minimum atomic E-state index is -1.04. The largest absolute Gasteiger partial charge is 0.494 e. The van der Waals surface area contributed by atoms with E-state index in [0.717, 1.165) is 11.3 Å². The van der Waals surface area contributed by atoms with Gasteiger partial charge in [0.2, 0.25) is 0 Å². The molecule has 0 aromatic heterocycles. The number of carboxylic acid groups (broad SMARTS) is 1.